The molecule has 0 radical (unpaired) electrons. The van der Waals surface area contributed by atoms with Crippen molar-refractivity contribution in [2.24, 2.45) is 0 Å². The first kappa shape index (κ1) is 30.0. The van der Waals surface area contributed by atoms with Crippen molar-refractivity contribution in [2.45, 2.75) is 0 Å². The number of hydrogen-bond donors (Lipinski definition) is 0. The largest absolute Gasteiger partial charge is 0.248 e. The van der Waals surface area contributed by atoms with E-state index in [1.165, 1.54) is 63.4 Å². The zero-order valence-corrected chi connectivity index (χ0v) is 29.4. The summed E-state index contributed by atoms with van der Waals surface area (Å²) >= 11 is 1.85. The summed E-state index contributed by atoms with van der Waals surface area (Å²) in [5.74, 6) is 0. The molecule has 0 aliphatic rings. The normalized spacial score (nSPS) is 11.8. The number of para-hydroxylation sites is 1. The molecule has 11 aromatic rings. The standard InChI is InChI=1S/C50H30N2S/c1-2-12-31(13-3-1)35-29-45(51-46(30-35)34-26-27-40-38-16-5-4-14-36(38)37-15-6-7-17-39(37)43(40)28-34)32-22-24-33(25-23-32)49-48-42-19-9-11-21-47(42)53-50(48)41-18-8-10-20-44(41)52-49/h1-30H. The lowest BCUT2D eigenvalue weighted by Gasteiger charge is -2.14. The van der Waals surface area contributed by atoms with Crippen LogP contribution in [0.3, 0.4) is 0 Å². The molecule has 0 fully saturated rings. The van der Waals surface area contributed by atoms with Crippen molar-refractivity contribution < 1.29 is 0 Å². The average molecular weight is 691 g/mol. The van der Waals surface area contributed by atoms with Gasteiger partial charge in [-0.2, -0.15) is 0 Å². The fourth-order valence-corrected chi connectivity index (χ4v) is 9.35. The van der Waals surface area contributed by atoms with Gasteiger partial charge in [-0.05, 0) is 73.8 Å². The van der Waals surface area contributed by atoms with Crippen LogP contribution < -0.4 is 0 Å². The van der Waals surface area contributed by atoms with Crippen LogP contribution >= 0.6 is 11.3 Å². The Bertz CT molecular complexity index is 3180. The summed E-state index contributed by atoms with van der Waals surface area (Å²) < 4.78 is 2.57. The maximum Gasteiger partial charge on any atom is 0.0802 e. The van der Waals surface area contributed by atoms with Gasteiger partial charge in [-0.25, -0.2) is 9.97 Å². The highest BCUT2D eigenvalue weighted by atomic mass is 32.1. The van der Waals surface area contributed by atoms with Crippen LogP contribution in [-0.2, 0) is 0 Å². The van der Waals surface area contributed by atoms with Crippen molar-refractivity contribution in [3.63, 3.8) is 0 Å². The van der Waals surface area contributed by atoms with Crippen molar-refractivity contribution >= 4 is 74.7 Å². The minimum absolute atomic E-state index is 0.939. The van der Waals surface area contributed by atoms with Crippen molar-refractivity contribution in [3.8, 4) is 44.9 Å². The molecular formula is C50H30N2S. The highest BCUT2D eigenvalue weighted by Gasteiger charge is 2.17. The first-order valence-electron chi connectivity index (χ1n) is 18.0. The van der Waals surface area contributed by atoms with Crippen LogP contribution in [0.4, 0.5) is 0 Å². The molecule has 3 heteroatoms. The molecule has 2 nitrogen and oxygen atoms in total. The fourth-order valence-electron chi connectivity index (χ4n) is 8.11. The van der Waals surface area contributed by atoms with Gasteiger partial charge in [0.2, 0.25) is 0 Å². The molecule has 0 aliphatic heterocycles. The molecule has 0 saturated carbocycles. The highest BCUT2D eigenvalue weighted by molar-refractivity contribution is 7.26. The summed E-state index contributed by atoms with van der Waals surface area (Å²) in [6.07, 6.45) is 0. The molecule has 53 heavy (non-hydrogen) atoms. The molecule has 11 rings (SSSR count). The highest BCUT2D eigenvalue weighted by Crippen LogP contribution is 2.43. The second-order valence-electron chi connectivity index (χ2n) is 13.7. The van der Waals surface area contributed by atoms with E-state index in [-0.39, 0.29) is 0 Å². The van der Waals surface area contributed by atoms with Crippen LogP contribution in [0, 0.1) is 0 Å². The van der Waals surface area contributed by atoms with Crippen molar-refractivity contribution in [1.82, 2.24) is 9.97 Å². The maximum absolute atomic E-state index is 5.36. The topological polar surface area (TPSA) is 25.8 Å². The van der Waals surface area contributed by atoms with Crippen LogP contribution in [0.2, 0.25) is 0 Å². The second-order valence-corrected chi connectivity index (χ2v) is 14.8. The van der Waals surface area contributed by atoms with Crippen molar-refractivity contribution in [1.29, 1.82) is 0 Å². The number of benzene rings is 8. The van der Waals surface area contributed by atoms with Gasteiger partial charge in [0.05, 0.1) is 22.6 Å². The van der Waals surface area contributed by atoms with Gasteiger partial charge < -0.3 is 0 Å². The van der Waals surface area contributed by atoms with Crippen molar-refractivity contribution in [3.05, 3.63) is 182 Å². The maximum atomic E-state index is 5.36. The van der Waals surface area contributed by atoms with Gasteiger partial charge in [0.15, 0.2) is 0 Å². The van der Waals surface area contributed by atoms with Crippen LogP contribution in [0.1, 0.15) is 0 Å². The van der Waals surface area contributed by atoms with E-state index in [0.717, 1.165) is 44.9 Å². The lowest BCUT2D eigenvalue weighted by molar-refractivity contribution is 1.32. The van der Waals surface area contributed by atoms with E-state index in [9.17, 15) is 0 Å². The summed E-state index contributed by atoms with van der Waals surface area (Å²) in [6, 6.07) is 65.4. The Kier molecular flexibility index (Phi) is 6.76. The number of aromatic nitrogens is 2. The summed E-state index contributed by atoms with van der Waals surface area (Å²) in [7, 11) is 0. The Morgan fingerprint density at radius 3 is 1.57 bits per heavy atom. The first-order chi connectivity index (χ1) is 26.3. The fraction of sp³-hybridized carbons (Fsp3) is 0. The van der Waals surface area contributed by atoms with E-state index in [2.05, 4.69) is 182 Å². The predicted octanol–water partition coefficient (Wildman–Crippen LogP) is 14.1. The first-order valence-corrected chi connectivity index (χ1v) is 18.8. The molecule has 0 aliphatic carbocycles. The van der Waals surface area contributed by atoms with Crippen LogP contribution in [-0.4, -0.2) is 9.97 Å². The van der Waals surface area contributed by atoms with Gasteiger partial charge in [-0.3, -0.25) is 0 Å². The quantitative estimate of drug-likeness (QED) is 0.172. The van der Waals surface area contributed by atoms with Crippen LogP contribution in [0.25, 0.3) is 108 Å². The van der Waals surface area contributed by atoms with Gasteiger partial charge in [0.25, 0.3) is 0 Å². The van der Waals surface area contributed by atoms with Gasteiger partial charge >= 0.3 is 0 Å². The van der Waals surface area contributed by atoms with E-state index >= 15 is 0 Å². The summed E-state index contributed by atoms with van der Waals surface area (Å²) in [5.41, 5.74) is 9.49. The zero-order chi connectivity index (χ0) is 34.9. The monoisotopic (exact) mass is 690 g/mol. The third kappa shape index (κ3) is 4.86. The summed E-state index contributed by atoms with van der Waals surface area (Å²) in [4.78, 5) is 10.6. The molecule has 0 spiro atoms. The Morgan fingerprint density at radius 1 is 0.321 bits per heavy atom. The van der Waals surface area contributed by atoms with E-state index < -0.39 is 0 Å². The molecule has 0 N–H and O–H groups in total. The number of rotatable bonds is 4. The van der Waals surface area contributed by atoms with Crippen molar-refractivity contribution in [2.75, 3.05) is 0 Å². The molecule has 8 aromatic carbocycles. The molecule has 246 valence electrons. The number of fused-ring (bicyclic) bond motifs is 11. The number of thiophene rings is 1. The van der Waals surface area contributed by atoms with Gasteiger partial charge in [-0.15, -0.1) is 11.3 Å². The lowest BCUT2D eigenvalue weighted by atomic mass is 9.92. The Morgan fingerprint density at radius 2 is 0.849 bits per heavy atom. The summed E-state index contributed by atoms with van der Waals surface area (Å²) in [6.45, 7) is 0. The third-order valence-corrected chi connectivity index (χ3v) is 11.8. The van der Waals surface area contributed by atoms with Crippen LogP contribution in [0.15, 0.2) is 182 Å². The molecule has 0 amide bonds. The van der Waals surface area contributed by atoms with Crippen LogP contribution in [0.5, 0.6) is 0 Å². The van der Waals surface area contributed by atoms with Gasteiger partial charge in [0, 0.05) is 42.2 Å². The molecule has 3 aromatic heterocycles. The summed E-state index contributed by atoms with van der Waals surface area (Å²) in [5, 5.41) is 11.3. The predicted molar refractivity (Wildman–Crippen MR) is 227 cm³/mol. The van der Waals surface area contributed by atoms with Gasteiger partial charge in [0.1, 0.15) is 0 Å². The third-order valence-electron chi connectivity index (χ3n) is 10.6. The Labute approximate surface area is 310 Å². The van der Waals surface area contributed by atoms with E-state index in [1.807, 2.05) is 11.3 Å². The average Bonchev–Trinajstić information content (AvgIpc) is 3.64. The molecule has 0 unspecified atom stereocenters. The van der Waals surface area contributed by atoms with E-state index in [0.29, 0.717) is 0 Å². The SMILES string of the molecule is c1ccc(-c2cc(-c3ccc(-c4nc5ccccc5c5sc6ccccc6c45)cc3)nc(-c3ccc4c5ccccc5c5ccccc5c4c3)c2)cc1. The molecule has 0 saturated heterocycles. The van der Waals surface area contributed by atoms with E-state index in [4.69, 9.17) is 9.97 Å². The van der Waals surface area contributed by atoms with E-state index in [1.54, 1.807) is 0 Å². The molecule has 0 bridgehead atoms. The minimum atomic E-state index is 0.939. The molecular weight excluding hydrogens is 661 g/mol. The molecule has 0 atom stereocenters. The lowest BCUT2D eigenvalue weighted by Crippen LogP contribution is -1.93. The zero-order valence-electron chi connectivity index (χ0n) is 28.6. The Hall–Kier alpha value is -6.68. The Balaban J connectivity index is 1.08. The number of nitrogens with zero attached hydrogens (tertiary/aromatic N) is 2. The molecule has 3 heterocycles. The second kappa shape index (κ2) is 11.9. The minimum Gasteiger partial charge on any atom is -0.248 e. The van der Waals surface area contributed by atoms with Gasteiger partial charge in [-0.1, -0.05) is 152 Å². The number of hydrogen-bond acceptors (Lipinski definition) is 3. The smallest absolute Gasteiger partial charge is 0.0802 e. The number of pyridine rings is 2.